The molecular formula is C19H26ClN3O3S. The summed E-state index contributed by atoms with van der Waals surface area (Å²) in [6.07, 6.45) is 2.15. The largest absolute Gasteiger partial charge is 0.385 e. The quantitative estimate of drug-likeness (QED) is 0.588. The van der Waals surface area contributed by atoms with E-state index in [-0.39, 0.29) is 24.6 Å². The highest BCUT2D eigenvalue weighted by Gasteiger charge is 2.16. The van der Waals surface area contributed by atoms with Crippen molar-refractivity contribution in [1.29, 1.82) is 0 Å². The van der Waals surface area contributed by atoms with Crippen LogP contribution in [-0.2, 0) is 21.1 Å². The third-order valence-corrected chi connectivity index (χ3v) is 4.85. The van der Waals surface area contributed by atoms with E-state index in [1.165, 1.54) is 5.56 Å². The van der Waals surface area contributed by atoms with Crippen molar-refractivity contribution >= 4 is 39.5 Å². The van der Waals surface area contributed by atoms with Gasteiger partial charge in [-0.05, 0) is 42.7 Å². The molecule has 1 unspecified atom stereocenters. The number of nitrogens with two attached hydrogens (primary N) is 1. The first-order valence-electron chi connectivity index (χ1n) is 8.45. The molecule has 0 aliphatic heterocycles. The molecule has 0 aliphatic carbocycles. The highest BCUT2D eigenvalue weighted by molar-refractivity contribution is 7.90. The topological polar surface area (TPSA) is 101 Å². The van der Waals surface area contributed by atoms with Gasteiger partial charge in [0.15, 0.2) is 0 Å². The van der Waals surface area contributed by atoms with Crippen LogP contribution in [0.5, 0.6) is 0 Å². The fourth-order valence-corrected chi connectivity index (χ4v) is 3.06. The van der Waals surface area contributed by atoms with E-state index in [0.717, 1.165) is 24.9 Å². The molecule has 0 bridgehead atoms. The summed E-state index contributed by atoms with van der Waals surface area (Å²) in [6, 6.07) is 16.7. The Balaban J connectivity index is 0.00000364. The van der Waals surface area contributed by atoms with E-state index in [1.807, 2.05) is 30.3 Å². The summed E-state index contributed by atoms with van der Waals surface area (Å²) in [5.41, 5.74) is 8.59. The number of hydrogen-bond acceptors (Lipinski definition) is 5. The van der Waals surface area contributed by atoms with Crippen molar-refractivity contribution in [3.05, 3.63) is 60.2 Å². The third kappa shape index (κ3) is 8.90. The second-order valence-corrected chi connectivity index (χ2v) is 8.51. The van der Waals surface area contributed by atoms with E-state index in [2.05, 4.69) is 22.8 Å². The molecule has 8 heteroatoms. The molecule has 2 aromatic carbocycles. The van der Waals surface area contributed by atoms with Crippen molar-refractivity contribution < 1.29 is 13.2 Å². The van der Waals surface area contributed by atoms with Crippen LogP contribution in [0.15, 0.2) is 54.6 Å². The smallest absolute Gasteiger partial charge is 0.241 e. The average molecular weight is 412 g/mol. The van der Waals surface area contributed by atoms with Crippen molar-refractivity contribution in [2.45, 2.75) is 18.9 Å². The van der Waals surface area contributed by atoms with E-state index >= 15 is 0 Å². The zero-order valence-corrected chi connectivity index (χ0v) is 16.9. The van der Waals surface area contributed by atoms with Crippen LogP contribution in [0.2, 0.25) is 0 Å². The summed E-state index contributed by atoms with van der Waals surface area (Å²) in [5.74, 6) is -0.496. The molecule has 0 heterocycles. The van der Waals surface area contributed by atoms with Crippen molar-refractivity contribution in [1.82, 2.24) is 0 Å². The first-order chi connectivity index (χ1) is 12.3. The van der Waals surface area contributed by atoms with E-state index < -0.39 is 21.8 Å². The zero-order valence-electron chi connectivity index (χ0n) is 15.2. The minimum Gasteiger partial charge on any atom is -0.385 e. The highest BCUT2D eigenvalue weighted by Crippen LogP contribution is 2.14. The lowest BCUT2D eigenvalue weighted by molar-refractivity contribution is -0.117. The Labute approximate surface area is 166 Å². The van der Waals surface area contributed by atoms with Crippen molar-refractivity contribution in [2.75, 3.05) is 29.2 Å². The van der Waals surface area contributed by atoms with Crippen LogP contribution in [0.3, 0.4) is 0 Å². The monoisotopic (exact) mass is 411 g/mol. The molecule has 1 amide bonds. The maximum Gasteiger partial charge on any atom is 0.241 e. The van der Waals surface area contributed by atoms with E-state index in [9.17, 15) is 13.2 Å². The van der Waals surface area contributed by atoms with Crippen LogP contribution in [-0.4, -0.2) is 38.9 Å². The van der Waals surface area contributed by atoms with Gasteiger partial charge in [-0.3, -0.25) is 4.79 Å². The summed E-state index contributed by atoms with van der Waals surface area (Å²) in [7, 11) is -3.13. The lowest BCUT2D eigenvalue weighted by Gasteiger charge is -2.12. The van der Waals surface area contributed by atoms with Crippen molar-refractivity contribution in [3.8, 4) is 0 Å². The van der Waals surface area contributed by atoms with Crippen LogP contribution < -0.4 is 16.4 Å². The Bertz CT molecular complexity index is 812. The van der Waals surface area contributed by atoms with Gasteiger partial charge in [-0.15, -0.1) is 12.4 Å². The maximum atomic E-state index is 12.0. The Morgan fingerprint density at radius 2 is 1.63 bits per heavy atom. The third-order valence-electron chi connectivity index (χ3n) is 3.87. The Kier molecular flexibility index (Phi) is 9.28. The van der Waals surface area contributed by atoms with Gasteiger partial charge in [0.25, 0.3) is 0 Å². The number of nitrogens with one attached hydrogen (secondary N) is 2. The van der Waals surface area contributed by atoms with Gasteiger partial charge in [0.05, 0.1) is 11.8 Å². The number of anilines is 2. The predicted molar refractivity (Wildman–Crippen MR) is 113 cm³/mol. The molecule has 0 aromatic heterocycles. The molecule has 1 atom stereocenters. The normalized spacial score (nSPS) is 11.9. The molecule has 0 saturated carbocycles. The lowest BCUT2D eigenvalue weighted by Crippen LogP contribution is -2.37. The molecule has 2 aromatic rings. The van der Waals surface area contributed by atoms with Crippen LogP contribution in [0, 0.1) is 0 Å². The van der Waals surface area contributed by atoms with E-state index in [4.69, 9.17) is 5.73 Å². The Hall–Kier alpha value is -2.09. The Morgan fingerprint density at radius 1 is 1.04 bits per heavy atom. The van der Waals surface area contributed by atoms with Gasteiger partial charge in [0, 0.05) is 24.2 Å². The zero-order chi connectivity index (χ0) is 19.0. The number of sulfone groups is 1. The fraction of sp³-hybridized carbons (Fsp3) is 0.316. The minimum absolute atomic E-state index is 0. The molecule has 2 rings (SSSR count). The summed E-state index contributed by atoms with van der Waals surface area (Å²) in [6.45, 7) is 0.812. The van der Waals surface area contributed by atoms with Crippen LogP contribution in [0.1, 0.15) is 12.0 Å². The maximum absolute atomic E-state index is 12.0. The minimum atomic E-state index is -3.13. The van der Waals surface area contributed by atoms with Crippen molar-refractivity contribution in [2.24, 2.45) is 5.73 Å². The fourth-order valence-electron chi connectivity index (χ4n) is 2.37. The molecule has 148 valence electrons. The van der Waals surface area contributed by atoms with E-state index in [0.29, 0.717) is 5.69 Å². The van der Waals surface area contributed by atoms with Gasteiger partial charge >= 0.3 is 0 Å². The molecule has 4 N–H and O–H groups in total. The first-order valence-corrected chi connectivity index (χ1v) is 10.5. The Morgan fingerprint density at radius 3 is 2.22 bits per heavy atom. The number of halogens is 1. The standard InChI is InChI=1S/C19H25N3O3S.ClH/c1-26(24,25)14-12-18(20)19(23)22-17-9-7-16(8-10-17)21-13-11-15-5-3-2-4-6-15;/h2-10,18,21H,11-14,20H2,1H3,(H,22,23);1H. The molecule has 0 fully saturated rings. The van der Waals surface area contributed by atoms with Gasteiger partial charge < -0.3 is 16.4 Å². The predicted octanol–water partition coefficient (Wildman–Crippen LogP) is 2.46. The number of hydrogen-bond donors (Lipinski definition) is 3. The number of rotatable bonds is 9. The van der Waals surface area contributed by atoms with Gasteiger partial charge in [0.2, 0.25) is 5.91 Å². The van der Waals surface area contributed by atoms with E-state index in [1.54, 1.807) is 12.1 Å². The SMILES string of the molecule is CS(=O)(=O)CCC(N)C(=O)Nc1ccc(NCCc2ccccc2)cc1.Cl. The van der Waals surface area contributed by atoms with Gasteiger partial charge in [-0.25, -0.2) is 8.42 Å². The summed E-state index contributed by atoms with van der Waals surface area (Å²) < 4.78 is 22.3. The van der Waals surface area contributed by atoms with Crippen molar-refractivity contribution in [3.63, 3.8) is 0 Å². The first kappa shape index (κ1) is 23.0. The van der Waals surface area contributed by atoms with Gasteiger partial charge in [-0.2, -0.15) is 0 Å². The molecule has 27 heavy (non-hydrogen) atoms. The molecular weight excluding hydrogens is 386 g/mol. The summed E-state index contributed by atoms with van der Waals surface area (Å²) in [5, 5.41) is 6.03. The number of benzene rings is 2. The number of carbonyl (C=O) groups excluding carboxylic acids is 1. The van der Waals surface area contributed by atoms with Gasteiger partial charge in [0.1, 0.15) is 9.84 Å². The number of carbonyl (C=O) groups is 1. The van der Waals surface area contributed by atoms with Crippen LogP contribution in [0.4, 0.5) is 11.4 Å². The lowest BCUT2D eigenvalue weighted by atomic mass is 10.1. The molecule has 6 nitrogen and oxygen atoms in total. The molecule has 0 spiro atoms. The average Bonchev–Trinajstić information content (AvgIpc) is 2.61. The van der Waals surface area contributed by atoms with Gasteiger partial charge in [-0.1, -0.05) is 30.3 Å². The second kappa shape index (κ2) is 10.9. The molecule has 0 saturated heterocycles. The van der Waals surface area contributed by atoms with Crippen LogP contribution in [0.25, 0.3) is 0 Å². The second-order valence-electron chi connectivity index (χ2n) is 6.25. The summed E-state index contributed by atoms with van der Waals surface area (Å²) in [4.78, 5) is 12.0. The number of amides is 1. The summed E-state index contributed by atoms with van der Waals surface area (Å²) >= 11 is 0. The highest BCUT2D eigenvalue weighted by atomic mass is 35.5. The molecule has 0 radical (unpaired) electrons. The molecule has 0 aliphatic rings. The van der Waals surface area contributed by atoms with Crippen LogP contribution >= 0.6 is 12.4 Å².